The molecule has 0 amide bonds. The van der Waals surface area contributed by atoms with Crippen LogP contribution >= 0.6 is 11.8 Å². The summed E-state index contributed by atoms with van der Waals surface area (Å²) in [6, 6.07) is 4.41. The average molecular weight is 282 g/mol. The van der Waals surface area contributed by atoms with Crippen LogP contribution in [-0.2, 0) is 9.53 Å². The number of nitrogens with zero attached hydrogens (tertiary/aromatic N) is 1. The number of pyridine rings is 1. The highest BCUT2D eigenvalue weighted by atomic mass is 32.2. The molecule has 0 fully saturated rings. The third-order valence-corrected chi connectivity index (χ3v) is 3.69. The highest BCUT2D eigenvalue weighted by molar-refractivity contribution is 7.99. The minimum atomic E-state index is -0.179. The molecule has 0 aliphatic rings. The second kappa shape index (κ2) is 8.93. The van der Waals surface area contributed by atoms with Crippen LogP contribution in [0.3, 0.4) is 0 Å². The summed E-state index contributed by atoms with van der Waals surface area (Å²) in [6.45, 7) is 5.30. The molecule has 1 atom stereocenters. The topological polar surface area (TPSA) is 51.2 Å². The molecule has 106 valence electrons. The van der Waals surface area contributed by atoms with E-state index in [-0.39, 0.29) is 5.97 Å². The van der Waals surface area contributed by atoms with Gasteiger partial charge in [-0.2, -0.15) is 0 Å². The Balaban J connectivity index is 2.40. The van der Waals surface area contributed by atoms with Gasteiger partial charge in [0.25, 0.3) is 0 Å². The number of rotatable bonds is 8. The summed E-state index contributed by atoms with van der Waals surface area (Å²) in [4.78, 5) is 15.4. The summed E-state index contributed by atoms with van der Waals surface area (Å²) in [5, 5.41) is 4.37. The highest BCUT2D eigenvalue weighted by Gasteiger charge is 2.06. The molecule has 0 aromatic carbocycles. The minimum absolute atomic E-state index is 0.179. The quantitative estimate of drug-likeness (QED) is 0.587. The van der Waals surface area contributed by atoms with Crippen LogP contribution in [0, 0.1) is 0 Å². The molecule has 1 aromatic rings. The van der Waals surface area contributed by atoms with Gasteiger partial charge in [0, 0.05) is 18.0 Å². The second-order valence-electron chi connectivity index (χ2n) is 4.28. The van der Waals surface area contributed by atoms with Crippen molar-refractivity contribution in [1.29, 1.82) is 0 Å². The first-order valence-electron chi connectivity index (χ1n) is 6.56. The van der Waals surface area contributed by atoms with Crippen LogP contribution < -0.4 is 5.32 Å². The zero-order valence-corrected chi connectivity index (χ0v) is 12.6. The van der Waals surface area contributed by atoms with E-state index >= 15 is 0 Å². The second-order valence-corrected chi connectivity index (χ2v) is 5.40. The van der Waals surface area contributed by atoms with Gasteiger partial charge in [-0.1, -0.05) is 13.0 Å². The van der Waals surface area contributed by atoms with E-state index in [1.807, 2.05) is 12.3 Å². The molecular weight excluding hydrogens is 260 g/mol. The van der Waals surface area contributed by atoms with Crippen LogP contribution in [0.1, 0.15) is 38.3 Å². The van der Waals surface area contributed by atoms with E-state index in [4.69, 9.17) is 0 Å². The van der Waals surface area contributed by atoms with Crippen molar-refractivity contribution in [2.45, 2.75) is 37.8 Å². The molecule has 1 N–H and O–H groups in total. The van der Waals surface area contributed by atoms with Gasteiger partial charge < -0.3 is 10.1 Å². The summed E-state index contributed by atoms with van der Waals surface area (Å²) >= 11 is 1.57. The molecule has 0 bridgehead atoms. The Labute approximate surface area is 119 Å². The number of ether oxygens (including phenoxy) is 1. The predicted octanol–water partition coefficient (Wildman–Crippen LogP) is 2.80. The first-order valence-corrected chi connectivity index (χ1v) is 7.54. The van der Waals surface area contributed by atoms with Crippen LogP contribution in [0.15, 0.2) is 23.4 Å². The zero-order chi connectivity index (χ0) is 14.1. The maximum Gasteiger partial charge on any atom is 0.306 e. The van der Waals surface area contributed by atoms with Gasteiger partial charge in [-0.05, 0) is 31.5 Å². The van der Waals surface area contributed by atoms with Gasteiger partial charge in [-0.25, -0.2) is 4.98 Å². The Morgan fingerprint density at radius 3 is 2.89 bits per heavy atom. The normalized spacial score (nSPS) is 12.2. The first-order chi connectivity index (χ1) is 9.17. The number of carbonyl (C=O) groups is 1. The van der Waals surface area contributed by atoms with E-state index in [0.717, 1.165) is 18.0 Å². The number of methoxy groups -OCH3 is 1. The molecule has 0 saturated carbocycles. The fraction of sp³-hybridized carbons (Fsp3) is 0.571. The lowest BCUT2D eigenvalue weighted by Crippen LogP contribution is -2.19. The fourth-order valence-corrected chi connectivity index (χ4v) is 2.32. The van der Waals surface area contributed by atoms with Crippen LogP contribution in [0.4, 0.5) is 0 Å². The molecule has 0 spiro atoms. The third kappa shape index (κ3) is 6.07. The molecule has 0 radical (unpaired) electrons. The molecule has 0 saturated heterocycles. The SMILES string of the molecule is CCCNC(C)c1ccc(SCCC(=O)OC)nc1. The summed E-state index contributed by atoms with van der Waals surface area (Å²) in [5.41, 5.74) is 1.19. The Morgan fingerprint density at radius 1 is 1.53 bits per heavy atom. The molecule has 4 nitrogen and oxygen atoms in total. The monoisotopic (exact) mass is 282 g/mol. The van der Waals surface area contributed by atoms with E-state index in [9.17, 15) is 4.79 Å². The average Bonchev–Trinajstić information content (AvgIpc) is 2.45. The lowest BCUT2D eigenvalue weighted by atomic mass is 10.1. The Morgan fingerprint density at radius 2 is 2.32 bits per heavy atom. The molecule has 1 aromatic heterocycles. The number of hydrogen-bond donors (Lipinski definition) is 1. The summed E-state index contributed by atoms with van der Waals surface area (Å²) in [7, 11) is 1.41. The molecule has 1 heterocycles. The lowest BCUT2D eigenvalue weighted by molar-refractivity contribution is -0.140. The van der Waals surface area contributed by atoms with Crippen molar-refractivity contribution in [2.75, 3.05) is 19.4 Å². The molecule has 0 aliphatic heterocycles. The van der Waals surface area contributed by atoms with Crippen molar-refractivity contribution in [3.05, 3.63) is 23.9 Å². The van der Waals surface area contributed by atoms with E-state index in [2.05, 4.69) is 35.0 Å². The van der Waals surface area contributed by atoms with Crippen LogP contribution in [0.2, 0.25) is 0 Å². The molecule has 0 aliphatic carbocycles. The Hall–Kier alpha value is -1.07. The van der Waals surface area contributed by atoms with Crippen molar-refractivity contribution < 1.29 is 9.53 Å². The van der Waals surface area contributed by atoms with E-state index < -0.39 is 0 Å². The van der Waals surface area contributed by atoms with Gasteiger partial charge in [-0.3, -0.25) is 4.79 Å². The number of thioether (sulfide) groups is 1. The summed E-state index contributed by atoms with van der Waals surface area (Å²) < 4.78 is 4.60. The van der Waals surface area contributed by atoms with Crippen molar-refractivity contribution in [3.8, 4) is 0 Å². The smallest absolute Gasteiger partial charge is 0.306 e. The first kappa shape index (κ1) is 16.0. The Bertz CT molecular complexity index is 382. The number of esters is 1. The molecule has 5 heteroatoms. The van der Waals surface area contributed by atoms with Crippen LogP contribution in [0.25, 0.3) is 0 Å². The van der Waals surface area contributed by atoms with Gasteiger partial charge in [0.1, 0.15) is 0 Å². The molecule has 1 rings (SSSR count). The van der Waals surface area contributed by atoms with E-state index in [1.54, 1.807) is 11.8 Å². The highest BCUT2D eigenvalue weighted by Crippen LogP contribution is 2.19. The number of nitrogens with one attached hydrogen (secondary N) is 1. The van der Waals surface area contributed by atoms with Gasteiger partial charge in [0.2, 0.25) is 0 Å². The number of hydrogen-bond acceptors (Lipinski definition) is 5. The standard InChI is InChI=1S/C14H22N2O2S/c1-4-8-15-11(2)12-5-6-13(16-10-12)19-9-7-14(17)18-3/h5-6,10-11,15H,4,7-9H2,1-3H3. The van der Waals surface area contributed by atoms with Crippen molar-refractivity contribution >= 4 is 17.7 Å². The van der Waals surface area contributed by atoms with Crippen molar-refractivity contribution in [3.63, 3.8) is 0 Å². The molecular formula is C14H22N2O2S. The summed E-state index contributed by atoms with van der Waals surface area (Å²) in [6.07, 6.45) is 3.44. The van der Waals surface area contributed by atoms with Crippen molar-refractivity contribution in [1.82, 2.24) is 10.3 Å². The van der Waals surface area contributed by atoms with E-state index in [1.165, 1.54) is 12.7 Å². The zero-order valence-electron chi connectivity index (χ0n) is 11.8. The third-order valence-electron chi connectivity index (χ3n) is 2.74. The predicted molar refractivity (Wildman–Crippen MR) is 78.3 cm³/mol. The maximum atomic E-state index is 11.0. The number of aromatic nitrogens is 1. The molecule has 1 unspecified atom stereocenters. The van der Waals surface area contributed by atoms with Gasteiger partial charge in [0.15, 0.2) is 0 Å². The lowest BCUT2D eigenvalue weighted by Gasteiger charge is -2.13. The van der Waals surface area contributed by atoms with Crippen molar-refractivity contribution in [2.24, 2.45) is 0 Å². The van der Waals surface area contributed by atoms with Crippen LogP contribution in [-0.4, -0.2) is 30.4 Å². The Kier molecular flexibility index (Phi) is 7.52. The van der Waals surface area contributed by atoms with Gasteiger partial charge in [0.05, 0.1) is 18.6 Å². The molecule has 19 heavy (non-hydrogen) atoms. The summed E-state index contributed by atoms with van der Waals surface area (Å²) in [5.74, 6) is 0.518. The maximum absolute atomic E-state index is 11.0. The largest absolute Gasteiger partial charge is 0.469 e. The van der Waals surface area contributed by atoms with Gasteiger partial charge in [-0.15, -0.1) is 11.8 Å². The van der Waals surface area contributed by atoms with Crippen LogP contribution in [0.5, 0.6) is 0 Å². The fourth-order valence-electron chi connectivity index (χ4n) is 1.55. The van der Waals surface area contributed by atoms with E-state index in [0.29, 0.717) is 18.2 Å². The number of carbonyl (C=O) groups excluding carboxylic acids is 1. The van der Waals surface area contributed by atoms with Gasteiger partial charge >= 0.3 is 5.97 Å². The minimum Gasteiger partial charge on any atom is -0.469 e.